The number of phenols is 1. The van der Waals surface area contributed by atoms with Crippen LogP contribution in [0.4, 0.5) is 0 Å². The number of phenolic OH excluding ortho intramolecular Hbond substituents is 1. The molecule has 0 aliphatic rings. The fourth-order valence-corrected chi connectivity index (χ4v) is 2.45. The van der Waals surface area contributed by atoms with E-state index < -0.39 is 5.97 Å². The van der Waals surface area contributed by atoms with Gasteiger partial charge < -0.3 is 10.2 Å². The Morgan fingerprint density at radius 1 is 1.06 bits per heavy atom. The van der Waals surface area contributed by atoms with E-state index in [9.17, 15) is 9.90 Å². The third-order valence-corrected chi connectivity index (χ3v) is 3.39. The zero-order valence-corrected chi connectivity index (χ0v) is 11.4. The van der Waals surface area contributed by atoms with E-state index in [1.165, 1.54) is 0 Å². The molecule has 18 heavy (non-hydrogen) atoms. The lowest BCUT2D eigenvalue weighted by Crippen LogP contribution is -2.05. The molecule has 0 aliphatic carbocycles. The van der Waals surface area contributed by atoms with Crippen molar-refractivity contribution in [3.63, 3.8) is 0 Å². The van der Waals surface area contributed by atoms with Crippen molar-refractivity contribution in [2.75, 3.05) is 0 Å². The zero-order valence-electron chi connectivity index (χ0n) is 11.4. The smallest absolute Gasteiger partial charge is 0.303 e. The molecule has 0 atom stereocenters. The Morgan fingerprint density at radius 2 is 1.67 bits per heavy atom. The molecule has 2 N–H and O–H groups in total. The fraction of sp³-hybridized carbons (Fsp3) is 0.533. The van der Waals surface area contributed by atoms with E-state index in [0.29, 0.717) is 12.2 Å². The zero-order chi connectivity index (χ0) is 13.7. The number of benzene rings is 1. The average Bonchev–Trinajstić information content (AvgIpc) is 2.36. The topological polar surface area (TPSA) is 57.5 Å². The van der Waals surface area contributed by atoms with Crippen LogP contribution in [0.2, 0.25) is 0 Å². The Labute approximate surface area is 108 Å². The van der Waals surface area contributed by atoms with Gasteiger partial charge in [-0.15, -0.1) is 0 Å². The Hall–Kier alpha value is -1.51. The maximum absolute atomic E-state index is 10.7. The molecule has 0 amide bonds. The maximum Gasteiger partial charge on any atom is 0.303 e. The maximum atomic E-state index is 10.7. The van der Waals surface area contributed by atoms with Crippen LogP contribution in [0.1, 0.15) is 49.4 Å². The quantitative estimate of drug-likeness (QED) is 0.815. The number of hydrogen-bond donors (Lipinski definition) is 2. The molecule has 0 aromatic heterocycles. The summed E-state index contributed by atoms with van der Waals surface area (Å²) in [5.41, 5.74) is 4.10. The number of aryl methyl sites for hydroxylation is 2. The first-order chi connectivity index (χ1) is 8.54. The van der Waals surface area contributed by atoms with Crippen LogP contribution in [0.15, 0.2) is 6.07 Å². The van der Waals surface area contributed by atoms with Crippen LogP contribution < -0.4 is 0 Å². The molecular weight excluding hydrogens is 228 g/mol. The summed E-state index contributed by atoms with van der Waals surface area (Å²) < 4.78 is 0. The molecule has 0 aliphatic heterocycles. The number of hydrogen-bond acceptors (Lipinski definition) is 2. The number of rotatable bonds is 6. The average molecular weight is 250 g/mol. The summed E-state index contributed by atoms with van der Waals surface area (Å²) in [5, 5.41) is 19.0. The largest absolute Gasteiger partial charge is 0.507 e. The lowest BCUT2D eigenvalue weighted by Gasteiger charge is -2.17. The molecule has 0 saturated heterocycles. The molecule has 0 unspecified atom stereocenters. The molecule has 3 nitrogen and oxygen atoms in total. The Morgan fingerprint density at radius 3 is 2.11 bits per heavy atom. The summed E-state index contributed by atoms with van der Waals surface area (Å²) in [5.74, 6) is -0.378. The highest BCUT2D eigenvalue weighted by atomic mass is 16.4. The predicted molar refractivity (Wildman–Crippen MR) is 72.2 cm³/mol. The van der Waals surface area contributed by atoms with Gasteiger partial charge in [-0.1, -0.05) is 26.8 Å². The van der Waals surface area contributed by atoms with Crippen molar-refractivity contribution in [3.8, 4) is 5.75 Å². The summed E-state index contributed by atoms with van der Waals surface area (Å²) in [4.78, 5) is 10.7. The van der Waals surface area contributed by atoms with Crippen LogP contribution in [-0.4, -0.2) is 16.2 Å². The molecule has 1 aromatic carbocycles. The van der Waals surface area contributed by atoms with Crippen LogP contribution in [0, 0.1) is 0 Å². The molecule has 0 saturated carbocycles. The number of aromatic hydroxyl groups is 1. The van der Waals surface area contributed by atoms with E-state index >= 15 is 0 Å². The summed E-state index contributed by atoms with van der Waals surface area (Å²) in [6.45, 7) is 6.07. The second-order valence-electron chi connectivity index (χ2n) is 4.45. The van der Waals surface area contributed by atoms with Gasteiger partial charge in [0.15, 0.2) is 0 Å². The minimum absolute atomic E-state index is 0.143. The molecule has 1 aromatic rings. The lowest BCUT2D eigenvalue weighted by molar-refractivity contribution is -0.136. The number of carboxylic acids is 1. The third-order valence-electron chi connectivity index (χ3n) is 3.39. The summed E-state index contributed by atoms with van der Waals surface area (Å²) in [6, 6.07) is 1.97. The minimum Gasteiger partial charge on any atom is -0.507 e. The Bertz CT molecular complexity index is 436. The van der Waals surface area contributed by atoms with Gasteiger partial charge >= 0.3 is 5.97 Å². The van der Waals surface area contributed by atoms with E-state index in [4.69, 9.17) is 5.11 Å². The van der Waals surface area contributed by atoms with Gasteiger partial charge in [0.1, 0.15) is 5.75 Å². The summed E-state index contributed by atoms with van der Waals surface area (Å²) in [7, 11) is 0. The van der Waals surface area contributed by atoms with Gasteiger partial charge in [0.2, 0.25) is 0 Å². The van der Waals surface area contributed by atoms with E-state index in [1.807, 2.05) is 26.8 Å². The van der Waals surface area contributed by atoms with Gasteiger partial charge in [0.05, 0.1) is 0 Å². The number of carboxylic acid groups (broad SMARTS) is 1. The number of carbonyl (C=O) groups is 1. The van der Waals surface area contributed by atoms with Crippen molar-refractivity contribution in [2.24, 2.45) is 0 Å². The first-order valence-electron chi connectivity index (χ1n) is 6.62. The number of aliphatic carboxylic acids is 1. The fourth-order valence-electron chi connectivity index (χ4n) is 2.45. The van der Waals surface area contributed by atoms with Crippen molar-refractivity contribution in [1.82, 2.24) is 0 Å². The summed E-state index contributed by atoms with van der Waals surface area (Å²) in [6.07, 6.45) is 3.06. The summed E-state index contributed by atoms with van der Waals surface area (Å²) >= 11 is 0. The molecule has 0 spiro atoms. The Balaban J connectivity index is 3.25. The first kappa shape index (κ1) is 14.6. The SMILES string of the molecule is CCc1cc(CCC(=O)O)c(CC)c(CC)c1O. The van der Waals surface area contributed by atoms with Crippen molar-refractivity contribution >= 4 is 5.97 Å². The predicted octanol–water partition coefficient (Wildman–Crippen LogP) is 3.10. The molecule has 0 bridgehead atoms. The molecule has 3 heteroatoms. The van der Waals surface area contributed by atoms with Gasteiger partial charge in [0.25, 0.3) is 0 Å². The van der Waals surface area contributed by atoms with E-state index in [1.54, 1.807) is 0 Å². The van der Waals surface area contributed by atoms with Gasteiger partial charge in [0, 0.05) is 6.42 Å². The molecule has 0 radical (unpaired) electrons. The van der Waals surface area contributed by atoms with Crippen LogP contribution >= 0.6 is 0 Å². The van der Waals surface area contributed by atoms with Gasteiger partial charge in [-0.25, -0.2) is 0 Å². The molecule has 1 rings (SSSR count). The highest BCUT2D eigenvalue weighted by Gasteiger charge is 2.15. The van der Waals surface area contributed by atoms with Crippen LogP contribution in [-0.2, 0) is 30.5 Å². The molecule has 100 valence electrons. The van der Waals surface area contributed by atoms with Gasteiger partial charge in [-0.2, -0.15) is 0 Å². The van der Waals surface area contributed by atoms with Crippen molar-refractivity contribution in [2.45, 2.75) is 52.9 Å². The van der Waals surface area contributed by atoms with E-state index in [2.05, 4.69) is 0 Å². The second-order valence-corrected chi connectivity index (χ2v) is 4.45. The van der Waals surface area contributed by atoms with Gasteiger partial charge in [-0.3, -0.25) is 4.79 Å². The van der Waals surface area contributed by atoms with E-state index in [-0.39, 0.29) is 6.42 Å². The molecule has 0 fully saturated rings. The first-order valence-corrected chi connectivity index (χ1v) is 6.62. The minimum atomic E-state index is -0.777. The monoisotopic (exact) mass is 250 g/mol. The van der Waals surface area contributed by atoms with E-state index in [0.717, 1.165) is 41.5 Å². The lowest BCUT2D eigenvalue weighted by atomic mass is 9.90. The third kappa shape index (κ3) is 3.03. The van der Waals surface area contributed by atoms with Crippen LogP contribution in [0.5, 0.6) is 5.75 Å². The van der Waals surface area contributed by atoms with Crippen LogP contribution in [0.25, 0.3) is 0 Å². The highest BCUT2D eigenvalue weighted by Crippen LogP contribution is 2.31. The van der Waals surface area contributed by atoms with Crippen molar-refractivity contribution < 1.29 is 15.0 Å². The highest BCUT2D eigenvalue weighted by molar-refractivity contribution is 5.67. The normalized spacial score (nSPS) is 10.6. The standard InChI is InChI=1S/C15H22O3/c1-4-10-9-11(7-8-14(16)17)12(5-2)13(6-3)15(10)18/h9,18H,4-8H2,1-3H3,(H,16,17). The van der Waals surface area contributed by atoms with Crippen molar-refractivity contribution in [3.05, 3.63) is 28.3 Å². The Kier molecular flexibility index (Phi) is 5.20. The second kappa shape index (κ2) is 6.43. The van der Waals surface area contributed by atoms with Gasteiger partial charge in [-0.05, 0) is 47.9 Å². The molecule has 0 heterocycles. The van der Waals surface area contributed by atoms with Crippen molar-refractivity contribution in [1.29, 1.82) is 0 Å². The van der Waals surface area contributed by atoms with Crippen LogP contribution in [0.3, 0.4) is 0 Å². The molecular formula is C15H22O3.